The monoisotopic (exact) mass is 241 g/mol. The second kappa shape index (κ2) is 5.40. The number of hydrogen-bond donors (Lipinski definition) is 0. The van der Waals surface area contributed by atoms with Crippen LogP contribution in [0.4, 0.5) is 0 Å². The van der Waals surface area contributed by atoms with E-state index < -0.39 is 0 Å². The highest BCUT2D eigenvalue weighted by Crippen LogP contribution is 2.11. The zero-order valence-corrected chi connectivity index (χ0v) is 9.79. The Hall–Kier alpha value is -0.340. The second-order valence-electron chi connectivity index (χ2n) is 3.12. The lowest BCUT2D eigenvalue weighted by molar-refractivity contribution is 0.277. The van der Waals surface area contributed by atoms with Gasteiger partial charge in [-0.2, -0.15) is 0 Å². The van der Waals surface area contributed by atoms with E-state index in [4.69, 9.17) is 0 Å². The van der Waals surface area contributed by atoms with Crippen LogP contribution in [-0.4, -0.2) is 16.4 Å². The molecular weight excluding hydrogens is 226 g/mol. The third-order valence-electron chi connectivity index (χ3n) is 2.14. The highest BCUT2D eigenvalue weighted by molar-refractivity contribution is 9.09. The van der Waals surface area contributed by atoms with Gasteiger partial charge < -0.3 is 0 Å². The summed E-state index contributed by atoms with van der Waals surface area (Å²) in [7, 11) is 0. The first-order valence-electron chi connectivity index (χ1n) is 4.66. The van der Waals surface area contributed by atoms with Gasteiger partial charge in [0.15, 0.2) is 0 Å². The Labute approximate surface area is 88.9 Å². The van der Waals surface area contributed by atoms with Crippen molar-refractivity contribution in [2.45, 2.75) is 25.3 Å². The minimum absolute atomic E-state index is 0.442. The molecule has 0 aliphatic heterocycles. The molecule has 1 aromatic carbocycles. The number of alkyl halides is 1. The summed E-state index contributed by atoms with van der Waals surface area (Å²) in [6.07, 6.45) is 0. The number of hydrogen-bond acceptors (Lipinski definition) is 1. The molecule has 2 heteroatoms. The van der Waals surface area contributed by atoms with Crippen LogP contribution in [0.5, 0.6) is 0 Å². The van der Waals surface area contributed by atoms with Gasteiger partial charge in [0, 0.05) is 6.54 Å². The highest BCUT2D eigenvalue weighted by Gasteiger charge is 2.07. The van der Waals surface area contributed by atoms with Crippen molar-refractivity contribution in [2.75, 3.05) is 6.54 Å². The van der Waals surface area contributed by atoms with Gasteiger partial charge in [-0.15, -0.1) is 0 Å². The SMILES string of the molecule is CCN(Cc1ccccc1)C(C)Br. The Kier molecular flexibility index (Phi) is 4.46. The lowest BCUT2D eigenvalue weighted by atomic mass is 10.2. The van der Waals surface area contributed by atoms with Crippen LogP contribution in [0, 0.1) is 0 Å². The second-order valence-corrected chi connectivity index (χ2v) is 4.45. The van der Waals surface area contributed by atoms with E-state index >= 15 is 0 Å². The molecule has 13 heavy (non-hydrogen) atoms. The first kappa shape index (κ1) is 10.7. The molecule has 1 aromatic rings. The highest BCUT2D eigenvalue weighted by atomic mass is 79.9. The summed E-state index contributed by atoms with van der Waals surface area (Å²) in [5, 5.41) is 0. The normalized spacial score (nSPS) is 13.2. The summed E-state index contributed by atoms with van der Waals surface area (Å²) >= 11 is 3.58. The molecule has 1 nitrogen and oxygen atoms in total. The number of nitrogens with zero attached hydrogens (tertiary/aromatic N) is 1. The van der Waals surface area contributed by atoms with E-state index in [1.54, 1.807) is 0 Å². The first-order valence-corrected chi connectivity index (χ1v) is 5.57. The van der Waals surface area contributed by atoms with Crippen molar-refractivity contribution >= 4 is 15.9 Å². The first-order chi connectivity index (χ1) is 6.24. The van der Waals surface area contributed by atoms with Crippen molar-refractivity contribution in [3.05, 3.63) is 35.9 Å². The molecule has 0 spiro atoms. The Morgan fingerprint density at radius 1 is 1.31 bits per heavy atom. The molecule has 0 fully saturated rings. The molecule has 1 atom stereocenters. The molecule has 0 bridgehead atoms. The van der Waals surface area contributed by atoms with Crippen LogP contribution >= 0.6 is 15.9 Å². The van der Waals surface area contributed by atoms with Crippen molar-refractivity contribution in [3.8, 4) is 0 Å². The van der Waals surface area contributed by atoms with Gasteiger partial charge in [0.2, 0.25) is 0 Å². The van der Waals surface area contributed by atoms with Gasteiger partial charge in [-0.3, -0.25) is 4.90 Å². The topological polar surface area (TPSA) is 3.24 Å². The van der Waals surface area contributed by atoms with E-state index in [2.05, 4.69) is 65.0 Å². The van der Waals surface area contributed by atoms with Crippen molar-refractivity contribution in [3.63, 3.8) is 0 Å². The fourth-order valence-corrected chi connectivity index (χ4v) is 1.74. The maximum Gasteiger partial charge on any atom is 0.0629 e. The smallest absolute Gasteiger partial charge is 0.0629 e. The molecule has 1 unspecified atom stereocenters. The average molecular weight is 242 g/mol. The molecule has 72 valence electrons. The van der Waals surface area contributed by atoms with Gasteiger partial charge in [-0.1, -0.05) is 53.2 Å². The maximum absolute atomic E-state index is 3.58. The van der Waals surface area contributed by atoms with E-state index in [1.807, 2.05) is 0 Å². The molecule has 1 rings (SSSR count). The summed E-state index contributed by atoms with van der Waals surface area (Å²) in [6, 6.07) is 10.6. The van der Waals surface area contributed by atoms with E-state index in [1.165, 1.54) is 5.56 Å². The molecule has 0 aromatic heterocycles. The van der Waals surface area contributed by atoms with Crippen LogP contribution in [0.15, 0.2) is 30.3 Å². The van der Waals surface area contributed by atoms with E-state index in [9.17, 15) is 0 Å². The Morgan fingerprint density at radius 2 is 1.92 bits per heavy atom. The van der Waals surface area contributed by atoms with Crippen molar-refractivity contribution in [1.82, 2.24) is 4.90 Å². The van der Waals surface area contributed by atoms with Crippen LogP contribution in [0.25, 0.3) is 0 Å². The Bertz CT molecular complexity index is 233. The summed E-state index contributed by atoms with van der Waals surface area (Å²) in [5.74, 6) is 0. The van der Waals surface area contributed by atoms with E-state index in [-0.39, 0.29) is 0 Å². The Balaban J connectivity index is 2.57. The molecule has 0 N–H and O–H groups in total. The quantitative estimate of drug-likeness (QED) is 0.578. The van der Waals surface area contributed by atoms with Gasteiger partial charge in [0.25, 0.3) is 0 Å². The number of rotatable bonds is 4. The molecule has 0 aliphatic carbocycles. The lowest BCUT2D eigenvalue weighted by Crippen LogP contribution is -2.27. The standard InChI is InChI=1S/C11H16BrN/c1-3-13(10(2)12)9-11-7-5-4-6-8-11/h4-8,10H,3,9H2,1-2H3. The van der Waals surface area contributed by atoms with Crippen molar-refractivity contribution in [2.24, 2.45) is 0 Å². The lowest BCUT2D eigenvalue weighted by Gasteiger charge is -2.23. The third-order valence-corrected chi connectivity index (χ3v) is 2.72. The summed E-state index contributed by atoms with van der Waals surface area (Å²) in [4.78, 5) is 2.81. The molecule has 0 saturated carbocycles. The predicted molar refractivity (Wildman–Crippen MR) is 60.9 cm³/mol. The van der Waals surface area contributed by atoms with Gasteiger partial charge >= 0.3 is 0 Å². The largest absolute Gasteiger partial charge is 0.287 e. The van der Waals surface area contributed by atoms with Gasteiger partial charge in [-0.25, -0.2) is 0 Å². The number of halogens is 1. The zero-order chi connectivity index (χ0) is 9.68. The average Bonchev–Trinajstić information content (AvgIpc) is 2.15. The molecule has 0 heterocycles. The van der Waals surface area contributed by atoms with Crippen LogP contribution < -0.4 is 0 Å². The van der Waals surface area contributed by atoms with Crippen LogP contribution in [-0.2, 0) is 6.54 Å². The third kappa shape index (κ3) is 3.49. The molecule has 0 amide bonds. The van der Waals surface area contributed by atoms with Crippen LogP contribution in [0.1, 0.15) is 19.4 Å². The van der Waals surface area contributed by atoms with Crippen LogP contribution in [0.2, 0.25) is 0 Å². The number of benzene rings is 1. The fourth-order valence-electron chi connectivity index (χ4n) is 1.31. The molecule has 0 radical (unpaired) electrons. The molecular formula is C11H16BrN. The molecule has 0 aliphatic rings. The summed E-state index contributed by atoms with van der Waals surface area (Å²) < 4.78 is 0. The summed E-state index contributed by atoms with van der Waals surface area (Å²) in [5.41, 5.74) is 1.37. The summed E-state index contributed by atoms with van der Waals surface area (Å²) in [6.45, 7) is 6.43. The minimum Gasteiger partial charge on any atom is -0.287 e. The van der Waals surface area contributed by atoms with Gasteiger partial charge in [-0.05, 0) is 19.0 Å². The van der Waals surface area contributed by atoms with Crippen LogP contribution in [0.3, 0.4) is 0 Å². The Morgan fingerprint density at radius 3 is 2.38 bits per heavy atom. The van der Waals surface area contributed by atoms with E-state index in [0.717, 1.165) is 13.1 Å². The van der Waals surface area contributed by atoms with Crippen molar-refractivity contribution < 1.29 is 0 Å². The molecule has 0 saturated heterocycles. The van der Waals surface area contributed by atoms with E-state index in [0.29, 0.717) is 4.95 Å². The van der Waals surface area contributed by atoms with Crippen molar-refractivity contribution in [1.29, 1.82) is 0 Å². The maximum atomic E-state index is 3.58. The van der Waals surface area contributed by atoms with Gasteiger partial charge in [0.05, 0.1) is 4.95 Å². The predicted octanol–water partition coefficient (Wildman–Crippen LogP) is 3.25. The minimum atomic E-state index is 0.442. The van der Waals surface area contributed by atoms with Gasteiger partial charge in [0.1, 0.15) is 0 Å². The zero-order valence-electron chi connectivity index (χ0n) is 8.20. The fraction of sp³-hybridized carbons (Fsp3) is 0.455.